The average Bonchev–Trinajstić information content (AvgIpc) is 2.16. The summed E-state index contributed by atoms with van der Waals surface area (Å²) < 4.78 is 2.17. The monoisotopic (exact) mass is 345 g/mol. The maximum absolute atomic E-state index is 4.05. The van der Waals surface area contributed by atoms with Crippen molar-refractivity contribution in [3.63, 3.8) is 0 Å². The standard InChI is InChI=1S/C13H17Br2N/c1-4-5-16-13(9(2)3)10-6-11(14)8-12(15)7-10/h6-8,13,16H,2,4-5H2,1,3H3. The minimum atomic E-state index is 0.230. The molecule has 1 aromatic rings. The maximum atomic E-state index is 4.05. The van der Waals surface area contributed by atoms with Crippen LogP contribution in [0.25, 0.3) is 0 Å². The predicted octanol–water partition coefficient (Wildman–Crippen LogP) is 4.83. The van der Waals surface area contributed by atoms with Gasteiger partial charge in [-0.05, 0) is 43.7 Å². The molecule has 1 atom stereocenters. The molecule has 0 saturated heterocycles. The quantitative estimate of drug-likeness (QED) is 0.753. The molecule has 0 heterocycles. The molecule has 1 unspecified atom stereocenters. The van der Waals surface area contributed by atoms with Gasteiger partial charge in [0.15, 0.2) is 0 Å². The molecule has 1 nitrogen and oxygen atoms in total. The lowest BCUT2D eigenvalue weighted by molar-refractivity contribution is 0.591. The van der Waals surface area contributed by atoms with E-state index in [1.807, 2.05) is 6.07 Å². The number of rotatable bonds is 5. The fourth-order valence-corrected chi connectivity index (χ4v) is 2.94. The van der Waals surface area contributed by atoms with Gasteiger partial charge in [-0.25, -0.2) is 0 Å². The first-order valence-corrected chi connectivity index (χ1v) is 6.98. The largest absolute Gasteiger partial charge is 0.307 e. The molecule has 1 aromatic carbocycles. The molecule has 0 aliphatic carbocycles. The summed E-state index contributed by atoms with van der Waals surface area (Å²) in [5, 5.41) is 3.50. The van der Waals surface area contributed by atoms with Crippen LogP contribution < -0.4 is 5.32 Å². The molecule has 88 valence electrons. The first kappa shape index (κ1) is 13.9. The lowest BCUT2D eigenvalue weighted by atomic mass is 10.0. The average molecular weight is 347 g/mol. The van der Waals surface area contributed by atoms with Gasteiger partial charge in [0.1, 0.15) is 0 Å². The van der Waals surface area contributed by atoms with Crippen molar-refractivity contribution in [2.45, 2.75) is 26.3 Å². The van der Waals surface area contributed by atoms with E-state index in [9.17, 15) is 0 Å². The van der Waals surface area contributed by atoms with E-state index >= 15 is 0 Å². The highest BCUT2D eigenvalue weighted by Gasteiger charge is 2.12. The van der Waals surface area contributed by atoms with Crippen molar-refractivity contribution in [2.24, 2.45) is 0 Å². The Morgan fingerprint density at radius 1 is 1.31 bits per heavy atom. The van der Waals surface area contributed by atoms with E-state index in [1.165, 1.54) is 5.56 Å². The van der Waals surface area contributed by atoms with E-state index in [4.69, 9.17) is 0 Å². The van der Waals surface area contributed by atoms with Crippen LogP contribution in [0.4, 0.5) is 0 Å². The van der Waals surface area contributed by atoms with Crippen molar-refractivity contribution >= 4 is 31.9 Å². The molecule has 0 spiro atoms. The van der Waals surface area contributed by atoms with Gasteiger partial charge < -0.3 is 5.32 Å². The van der Waals surface area contributed by atoms with Crippen molar-refractivity contribution in [2.75, 3.05) is 6.54 Å². The van der Waals surface area contributed by atoms with Gasteiger partial charge in [-0.1, -0.05) is 50.9 Å². The summed E-state index contributed by atoms with van der Waals surface area (Å²) >= 11 is 7.02. The Morgan fingerprint density at radius 2 is 1.88 bits per heavy atom. The van der Waals surface area contributed by atoms with Crippen LogP contribution in [-0.2, 0) is 0 Å². The Labute approximate surface area is 115 Å². The first-order valence-electron chi connectivity index (χ1n) is 5.39. The molecule has 0 saturated carbocycles. The molecule has 1 N–H and O–H groups in total. The zero-order valence-corrected chi connectivity index (χ0v) is 12.9. The highest BCUT2D eigenvalue weighted by Crippen LogP contribution is 2.27. The van der Waals surface area contributed by atoms with E-state index in [-0.39, 0.29) is 6.04 Å². The lowest BCUT2D eigenvalue weighted by Gasteiger charge is -2.19. The third-order valence-electron chi connectivity index (χ3n) is 2.31. The van der Waals surface area contributed by atoms with Crippen LogP contribution >= 0.6 is 31.9 Å². The second-order valence-electron chi connectivity index (χ2n) is 3.94. The van der Waals surface area contributed by atoms with E-state index in [0.717, 1.165) is 27.5 Å². The van der Waals surface area contributed by atoms with E-state index in [1.54, 1.807) is 0 Å². The molecule has 0 bridgehead atoms. The summed E-state index contributed by atoms with van der Waals surface area (Å²) in [6, 6.07) is 6.53. The lowest BCUT2D eigenvalue weighted by Crippen LogP contribution is -2.22. The SMILES string of the molecule is C=C(C)C(NCCC)c1cc(Br)cc(Br)c1. The summed E-state index contributed by atoms with van der Waals surface area (Å²) in [4.78, 5) is 0. The zero-order valence-electron chi connectivity index (χ0n) is 9.69. The Hall–Kier alpha value is -0.120. The maximum Gasteiger partial charge on any atom is 0.0531 e. The first-order chi connectivity index (χ1) is 7.54. The molecule has 0 radical (unpaired) electrons. The van der Waals surface area contributed by atoms with Crippen molar-refractivity contribution in [3.05, 3.63) is 44.9 Å². The fraction of sp³-hybridized carbons (Fsp3) is 0.385. The second-order valence-corrected chi connectivity index (χ2v) is 5.77. The van der Waals surface area contributed by atoms with Crippen LogP contribution in [-0.4, -0.2) is 6.54 Å². The number of benzene rings is 1. The van der Waals surface area contributed by atoms with E-state index < -0.39 is 0 Å². The van der Waals surface area contributed by atoms with Gasteiger partial charge in [0.2, 0.25) is 0 Å². The van der Waals surface area contributed by atoms with Crippen molar-refractivity contribution in [1.29, 1.82) is 0 Å². The molecule has 0 aliphatic heterocycles. The summed E-state index contributed by atoms with van der Waals surface area (Å²) in [6.45, 7) is 9.28. The van der Waals surface area contributed by atoms with Crippen LogP contribution in [0.1, 0.15) is 31.9 Å². The van der Waals surface area contributed by atoms with Crippen molar-refractivity contribution in [1.82, 2.24) is 5.32 Å². The molecule has 3 heteroatoms. The van der Waals surface area contributed by atoms with Crippen LogP contribution in [0.2, 0.25) is 0 Å². The molecule has 0 aromatic heterocycles. The third kappa shape index (κ3) is 4.04. The van der Waals surface area contributed by atoms with Gasteiger partial charge in [-0.3, -0.25) is 0 Å². The topological polar surface area (TPSA) is 12.0 Å². The summed E-state index contributed by atoms with van der Waals surface area (Å²) in [5.41, 5.74) is 2.38. The fourth-order valence-electron chi connectivity index (χ4n) is 1.61. The van der Waals surface area contributed by atoms with E-state index in [0.29, 0.717) is 0 Å². The molecule has 0 amide bonds. The molecule has 1 rings (SSSR count). The second kappa shape index (κ2) is 6.58. The number of halogens is 2. The molecular formula is C13H17Br2N. The van der Waals surface area contributed by atoms with Gasteiger partial charge in [-0.2, -0.15) is 0 Å². The Bertz CT molecular complexity index is 354. The third-order valence-corrected chi connectivity index (χ3v) is 3.23. The zero-order chi connectivity index (χ0) is 12.1. The van der Waals surface area contributed by atoms with Crippen LogP contribution in [0, 0.1) is 0 Å². The van der Waals surface area contributed by atoms with Gasteiger partial charge in [0, 0.05) is 8.95 Å². The Kier molecular flexibility index (Phi) is 5.73. The molecule has 0 aliphatic rings. The highest BCUT2D eigenvalue weighted by molar-refractivity contribution is 9.11. The summed E-state index contributed by atoms with van der Waals surface area (Å²) in [5.74, 6) is 0. The number of hydrogen-bond donors (Lipinski definition) is 1. The summed E-state index contributed by atoms with van der Waals surface area (Å²) in [6.07, 6.45) is 1.12. The predicted molar refractivity (Wildman–Crippen MR) is 77.7 cm³/mol. The highest BCUT2D eigenvalue weighted by atomic mass is 79.9. The smallest absolute Gasteiger partial charge is 0.0531 e. The molecular weight excluding hydrogens is 330 g/mol. The van der Waals surface area contributed by atoms with Crippen molar-refractivity contribution < 1.29 is 0 Å². The Balaban J connectivity index is 2.96. The minimum absolute atomic E-state index is 0.230. The van der Waals surface area contributed by atoms with E-state index in [2.05, 4.69) is 69.7 Å². The van der Waals surface area contributed by atoms with Crippen LogP contribution in [0.5, 0.6) is 0 Å². The summed E-state index contributed by atoms with van der Waals surface area (Å²) in [7, 11) is 0. The van der Waals surface area contributed by atoms with Crippen LogP contribution in [0.3, 0.4) is 0 Å². The van der Waals surface area contributed by atoms with Gasteiger partial charge in [0.05, 0.1) is 6.04 Å². The number of nitrogens with one attached hydrogen (secondary N) is 1. The minimum Gasteiger partial charge on any atom is -0.307 e. The van der Waals surface area contributed by atoms with Gasteiger partial charge in [-0.15, -0.1) is 0 Å². The van der Waals surface area contributed by atoms with Crippen LogP contribution in [0.15, 0.2) is 39.3 Å². The van der Waals surface area contributed by atoms with Crippen molar-refractivity contribution in [3.8, 4) is 0 Å². The molecule has 0 fully saturated rings. The van der Waals surface area contributed by atoms with Gasteiger partial charge in [0.25, 0.3) is 0 Å². The normalized spacial score (nSPS) is 12.5. The molecule has 16 heavy (non-hydrogen) atoms. The number of hydrogen-bond acceptors (Lipinski definition) is 1. The van der Waals surface area contributed by atoms with Gasteiger partial charge >= 0.3 is 0 Å². The Morgan fingerprint density at radius 3 is 2.31 bits per heavy atom.